The van der Waals surface area contributed by atoms with Crippen LogP contribution in [0, 0.1) is 5.92 Å². The second-order valence-corrected chi connectivity index (χ2v) is 5.20. The number of rotatable bonds is 4. The quantitative estimate of drug-likeness (QED) is 0.623. The fraction of sp³-hybridized carbons (Fsp3) is 0.200. The molecular weight excluding hydrogens is 292 g/mol. The first kappa shape index (κ1) is 15.1. The molecule has 0 amide bonds. The molecule has 0 fully saturated rings. The highest BCUT2D eigenvalue weighted by molar-refractivity contribution is 7.73. The van der Waals surface area contributed by atoms with E-state index in [0.29, 0.717) is 0 Å². The number of hydrogen-bond donors (Lipinski definition) is 0. The van der Waals surface area contributed by atoms with Gasteiger partial charge in [0.2, 0.25) is 10.3 Å². The van der Waals surface area contributed by atoms with Crippen molar-refractivity contribution in [3.05, 3.63) is 59.9 Å². The van der Waals surface area contributed by atoms with Crippen molar-refractivity contribution in [1.29, 1.82) is 0 Å². The van der Waals surface area contributed by atoms with Gasteiger partial charge >= 0.3 is 5.97 Å². The molecule has 5 nitrogen and oxygen atoms in total. The molecule has 0 aromatic heterocycles. The minimum absolute atomic E-state index is 0.0921. The lowest BCUT2D eigenvalue weighted by molar-refractivity contribution is -0.146. The molecule has 0 bridgehead atoms. The minimum Gasteiger partial charge on any atom is -0.495 e. The van der Waals surface area contributed by atoms with Gasteiger partial charge in [0.25, 0.3) is 0 Å². The fourth-order valence-corrected chi connectivity index (χ4v) is 2.63. The largest absolute Gasteiger partial charge is 0.495 e. The van der Waals surface area contributed by atoms with Crippen LogP contribution in [-0.2, 0) is 31.2 Å². The van der Waals surface area contributed by atoms with Crippen LogP contribution in [0.3, 0.4) is 0 Å². The first-order valence-electron chi connectivity index (χ1n) is 6.23. The van der Waals surface area contributed by atoms with Gasteiger partial charge in [-0.2, -0.15) is 8.42 Å². The smallest absolute Gasteiger partial charge is 0.318 e. The van der Waals surface area contributed by atoms with Crippen molar-refractivity contribution in [3.63, 3.8) is 0 Å². The summed E-state index contributed by atoms with van der Waals surface area (Å²) in [6.07, 6.45) is 4.54. The number of carbonyl (C=O) groups is 1. The summed E-state index contributed by atoms with van der Waals surface area (Å²) in [6.45, 7) is 0.0921. The van der Waals surface area contributed by atoms with Crippen molar-refractivity contribution in [3.8, 4) is 0 Å². The van der Waals surface area contributed by atoms with Gasteiger partial charge in [0.15, 0.2) is 0 Å². The first-order valence-corrected chi connectivity index (χ1v) is 7.30. The maximum atomic E-state index is 12.1. The molecule has 0 spiro atoms. The van der Waals surface area contributed by atoms with Gasteiger partial charge in [-0.25, -0.2) is 0 Å². The summed E-state index contributed by atoms with van der Waals surface area (Å²) in [7, 11) is -1.21. The molecule has 1 atom stereocenters. The molecular formula is C15H14O5S. The molecule has 0 aliphatic heterocycles. The van der Waals surface area contributed by atoms with E-state index in [0.717, 1.165) is 5.56 Å². The van der Waals surface area contributed by atoms with E-state index in [-0.39, 0.29) is 17.2 Å². The monoisotopic (exact) mass is 306 g/mol. The van der Waals surface area contributed by atoms with Crippen molar-refractivity contribution in [1.82, 2.24) is 0 Å². The third-order valence-corrected chi connectivity index (χ3v) is 3.77. The average Bonchev–Trinajstić information content (AvgIpc) is 2.52. The molecule has 21 heavy (non-hydrogen) atoms. The number of esters is 1. The number of ether oxygens (including phenoxy) is 2. The van der Waals surface area contributed by atoms with E-state index >= 15 is 0 Å². The van der Waals surface area contributed by atoms with E-state index in [1.807, 2.05) is 30.3 Å². The van der Waals surface area contributed by atoms with Crippen LogP contribution in [0.25, 0.3) is 0 Å². The normalized spacial score (nSPS) is 17.1. The van der Waals surface area contributed by atoms with Gasteiger partial charge < -0.3 is 9.47 Å². The second kappa shape index (κ2) is 6.90. The Kier molecular flexibility index (Phi) is 4.94. The summed E-state index contributed by atoms with van der Waals surface area (Å²) >= 11 is 0. The van der Waals surface area contributed by atoms with Crippen molar-refractivity contribution < 1.29 is 22.7 Å². The number of methoxy groups -OCH3 is 1. The van der Waals surface area contributed by atoms with Crippen LogP contribution in [0.4, 0.5) is 0 Å². The van der Waals surface area contributed by atoms with Crippen LogP contribution < -0.4 is 0 Å². The number of allylic oxidation sites excluding steroid dienone is 3. The Morgan fingerprint density at radius 3 is 2.57 bits per heavy atom. The summed E-state index contributed by atoms with van der Waals surface area (Å²) < 4.78 is 32.8. The van der Waals surface area contributed by atoms with E-state index < -0.39 is 22.2 Å². The van der Waals surface area contributed by atoms with Gasteiger partial charge in [-0.15, -0.1) is 0 Å². The van der Waals surface area contributed by atoms with Crippen molar-refractivity contribution in [2.45, 2.75) is 6.61 Å². The molecule has 110 valence electrons. The maximum absolute atomic E-state index is 12.1. The Morgan fingerprint density at radius 1 is 1.24 bits per heavy atom. The average molecular weight is 306 g/mol. The molecule has 1 aromatic carbocycles. The molecule has 1 unspecified atom stereocenters. The molecule has 1 aliphatic rings. The van der Waals surface area contributed by atoms with Gasteiger partial charge in [0.1, 0.15) is 23.1 Å². The molecule has 6 heteroatoms. The summed E-state index contributed by atoms with van der Waals surface area (Å²) in [5.41, 5.74) is 0.831. The van der Waals surface area contributed by atoms with E-state index in [1.54, 1.807) is 6.08 Å². The van der Waals surface area contributed by atoms with E-state index in [9.17, 15) is 13.2 Å². The second-order valence-electron chi connectivity index (χ2n) is 4.29. The zero-order valence-corrected chi connectivity index (χ0v) is 12.2. The molecule has 0 heterocycles. The number of hydrogen-bond acceptors (Lipinski definition) is 5. The Hall–Kier alpha value is -2.34. The molecule has 0 N–H and O–H groups in total. The van der Waals surface area contributed by atoms with Gasteiger partial charge in [-0.3, -0.25) is 4.79 Å². The van der Waals surface area contributed by atoms with Crippen LogP contribution in [0.15, 0.2) is 54.3 Å². The first-order chi connectivity index (χ1) is 10.1. The Morgan fingerprint density at radius 2 is 1.95 bits per heavy atom. The van der Waals surface area contributed by atoms with Gasteiger partial charge in [0, 0.05) is 0 Å². The van der Waals surface area contributed by atoms with Crippen molar-refractivity contribution in [2.75, 3.05) is 7.11 Å². The summed E-state index contributed by atoms with van der Waals surface area (Å²) in [5, 5.41) is 0. The molecule has 0 radical (unpaired) electrons. The lowest BCUT2D eigenvalue weighted by Crippen LogP contribution is -2.28. The van der Waals surface area contributed by atoms with Crippen LogP contribution >= 0.6 is 0 Å². The van der Waals surface area contributed by atoms with Crippen molar-refractivity contribution >= 4 is 21.1 Å². The van der Waals surface area contributed by atoms with Crippen LogP contribution in [-0.4, -0.2) is 26.4 Å². The highest BCUT2D eigenvalue weighted by atomic mass is 32.2. The van der Waals surface area contributed by atoms with Gasteiger partial charge in [0.05, 0.1) is 7.11 Å². The van der Waals surface area contributed by atoms with Crippen LogP contribution in [0.5, 0.6) is 0 Å². The molecule has 0 saturated heterocycles. The molecule has 0 saturated carbocycles. The van der Waals surface area contributed by atoms with Crippen LogP contribution in [0.1, 0.15) is 5.56 Å². The third kappa shape index (κ3) is 3.61. The molecule has 1 aliphatic carbocycles. The lowest BCUT2D eigenvalue weighted by Gasteiger charge is -2.17. The lowest BCUT2D eigenvalue weighted by atomic mass is 9.99. The fourth-order valence-electron chi connectivity index (χ4n) is 1.94. The summed E-state index contributed by atoms with van der Waals surface area (Å²) in [4.78, 5) is 12.0. The zero-order chi connectivity index (χ0) is 15.2. The predicted molar refractivity (Wildman–Crippen MR) is 77.9 cm³/mol. The highest BCUT2D eigenvalue weighted by Gasteiger charge is 2.30. The SMILES string of the molecule is COC1=CC=CC(C(=O)OCc2ccccc2)C1=S(=O)=O. The van der Waals surface area contributed by atoms with Crippen molar-refractivity contribution in [2.24, 2.45) is 5.92 Å². The summed E-state index contributed by atoms with van der Waals surface area (Å²) in [6, 6.07) is 9.17. The van der Waals surface area contributed by atoms with E-state index in [2.05, 4.69) is 0 Å². The van der Waals surface area contributed by atoms with Crippen LogP contribution in [0.2, 0.25) is 0 Å². The maximum Gasteiger partial charge on any atom is 0.318 e. The Balaban J connectivity index is 2.14. The molecule has 1 aromatic rings. The summed E-state index contributed by atoms with van der Waals surface area (Å²) in [5.74, 6) is -1.46. The highest BCUT2D eigenvalue weighted by Crippen LogP contribution is 2.18. The molecule has 2 rings (SSSR count). The van der Waals surface area contributed by atoms with Gasteiger partial charge in [-0.05, 0) is 11.6 Å². The standard InChI is InChI=1S/C15H14O5S/c1-19-13-9-5-8-12(14(13)21(17)18)15(16)20-10-11-6-3-2-4-7-11/h2-9,12H,10H2,1H3. The predicted octanol–water partition coefficient (Wildman–Crippen LogP) is 1.50. The Labute approximate surface area is 124 Å². The number of carbonyl (C=O) groups excluding carboxylic acids is 1. The third-order valence-electron chi connectivity index (χ3n) is 2.95. The zero-order valence-electron chi connectivity index (χ0n) is 11.4. The topological polar surface area (TPSA) is 69.7 Å². The van der Waals surface area contributed by atoms with E-state index in [1.165, 1.54) is 19.3 Å². The minimum atomic E-state index is -2.56. The van der Waals surface area contributed by atoms with E-state index in [4.69, 9.17) is 9.47 Å². The Bertz CT molecular complexity index is 706. The van der Waals surface area contributed by atoms with Gasteiger partial charge in [-0.1, -0.05) is 42.5 Å². The number of benzene rings is 1.